The maximum absolute atomic E-state index is 5.32. The van der Waals surface area contributed by atoms with E-state index in [0.29, 0.717) is 6.54 Å². The summed E-state index contributed by atoms with van der Waals surface area (Å²) in [6.07, 6.45) is 3.96. The Kier molecular flexibility index (Phi) is 10.9. The predicted molar refractivity (Wildman–Crippen MR) is 113 cm³/mol. The molecule has 0 aliphatic heterocycles. The zero-order valence-corrected chi connectivity index (χ0v) is 17.2. The summed E-state index contributed by atoms with van der Waals surface area (Å²) in [5.41, 5.74) is 2.15. The summed E-state index contributed by atoms with van der Waals surface area (Å²) < 4.78 is 5.32. The van der Waals surface area contributed by atoms with E-state index in [1.54, 1.807) is 7.05 Å². The van der Waals surface area contributed by atoms with E-state index in [4.69, 9.17) is 4.74 Å². The van der Waals surface area contributed by atoms with Gasteiger partial charge in [-0.05, 0) is 25.3 Å². The Morgan fingerprint density at radius 3 is 2.72 bits per heavy atom. The van der Waals surface area contributed by atoms with Gasteiger partial charge in [-0.15, -0.1) is 24.0 Å². The van der Waals surface area contributed by atoms with Crippen molar-refractivity contribution in [2.45, 2.75) is 26.3 Å². The van der Waals surface area contributed by atoms with Crippen LogP contribution in [0, 0.1) is 0 Å². The highest BCUT2D eigenvalue weighted by molar-refractivity contribution is 14.0. The molecule has 2 rings (SSSR count). The SMILES string of the molecule is CCOCCCCNC(=NC)NCc1ncc(-c2ccccc2)[nH]1.I. The van der Waals surface area contributed by atoms with Gasteiger partial charge in [-0.3, -0.25) is 4.99 Å². The molecule has 1 heterocycles. The Balaban J connectivity index is 0.00000312. The molecule has 0 saturated heterocycles. The van der Waals surface area contributed by atoms with Gasteiger partial charge in [-0.2, -0.15) is 0 Å². The second-order valence-corrected chi connectivity index (χ2v) is 5.37. The van der Waals surface area contributed by atoms with E-state index < -0.39 is 0 Å². The van der Waals surface area contributed by atoms with E-state index in [0.717, 1.165) is 55.6 Å². The van der Waals surface area contributed by atoms with Gasteiger partial charge < -0.3 is 20.4 Å². The number of imidazole rings is 1. The average molecular weight is 457 g/mol. The van der Waals surface area contributed by atoms with E-state index in [-0.39, 0.29) is 24.0 Å². The first-order valence-corrected chi connectivity index (χ1v) is 8.45. The number of ether oxygens (including phenoxy) is 1. The number of nitrogens with one attached hydrogen (secondary N) is 3. The molecule has 3 N–H and O–H groups in total. The van der Waals surface area contributed by atoms with Gasteiger partial charge in [-0.25, -0.2) is 4.98 Å². The Morgan fingerprint density at radius 2 is 2.00 bits per heavy atom. The maximum Gasteiger partial charge on any atom is 0.191 e. The van der Waals surface area contributed by atoms with Crippen LogP contribution in [0.3, 0.4) is 0 Å². The predicted octanol–water partition coefficient (Wildman–Crippen LogP) is 3.18. The number of unbranched alkanes of at least 4 members (excludes halogenated alkanes) is 1. The molecule has 0 bridgehead atoms. The smallest absolute Gasteiger partial charge is 0.191 e. The first-order chi connectivity index (χ1) is 11.8. The van der Waals surface area contributed by atoms with Crippen LogP contribution in [-0.4, -0.2) is 42.7 Å². The molecule has 0 unspecified atom stereocenters. The highest BCUT2D eigenvalue weighted by Gasteiger charge is 2.04. The summed E-state index contributed by atoms with van der Waals surface area (Å²) >= 11 is 0. The highest BCUT2D eigenvalue weighted by atomic mass is 127. The first kappa shape index (κ1) is 21.4. The molecule has 0 radical (unpaired) electrons. The van der Waals surface area contributed by atoms with Gasteiger partial charge in [0.1, 0.15) is 5.82 Å². The second-order valence-electron chi connectivity index (χ2n) is 5.37. The van der Waals surface area contributed by atoms with Crippen LogP contribution in [0.25, 0.3) is 11.3 Å². The Labute approximate surface area is 166 Å². The maximum atomic E-state index is 5.32. The average Bonchev–Trinajstić information content (AvgIpc) is 3.10. The number of H-pyrrole nitrogens is 1. The Bertz CT molecular complexity index is 615. The molecule has 6 nitrogen and oxygen atoms in total. The van der Waals surface area contributed by atoms with Gasteiger partial charge in [0.2, 0.25) is 0 Å². The third-order valence-electron chi connectivity index (χ3n) is 3.57. The van der Waals surface area contributed by atoms with Gasteiger partial charge in [0.15, 0.2) is 5.96 Å². The number of hydrogen-bond acceptors (Lipinski definition) is 3. The van der Waals surface area contributed by atoms with Crippen molar-refractivity contribution in [2.24, 2.45) is 4.99 Å². The van der Waals surface area contributed by atoms with Gasteiger partial charge in [-0.1, -0.05) is 30.3 Å². The number of halogens is 1. The number of hydrogen-bond donors (Lipinski definition) is 3. The zero-order chi connectivity index (χ0) is 17.0. The van der Waals surface area contributed by atoms with Crippen molar-refractivity contribution >= 4 is 29.9 Å². The van der Waals surface area contributed by atoms with Crippen LogP contribution in [0.4, 0.5) is 0 Å². The lowest BCUT2D eigenvalue weighted by molar-refractivity contribution is 0.143. The van der Waals surface area contributed by atoms with Crippen LogP contribution in [0.15, 0.2) is 41.5 Å². The van der Waals surface area contributed by atoms with Crippen molar-refractivity contribution in [2.75, 3.05) is 26.8 Å². The lowest BCUT2D eigenvalue weighted by atomic mass is 10.2. The van der Waals surface area contributed by atoms with Gasteiger partial charge in [0, 0.05) is 26.8 Å². The van der Waals surface area contributed by atoms with E-state index >= 15 is 0 Å². The zero-order valence-electron chi connectivity index (χ0n) is 14.9. The molecular weight excluding hydrogens is 429 g/mol. The summed E-state index contributed by atoms with van der Waals surface area (Å²) in [6.45, 7) is 5.09. The van der Waals surface area contributed by atoms with Crippen molar-refractivity contribution in [1.82, 2.24) is 20.6 Å². The minimum absolute atomic E-state index is 0. The van der Waals surface area contributed by atoms with Gasteiger partial charge in [0.05, 0.1) is 18.4 Å². The number of aliphatic imine (C=N–C) groups is 1. The lowest BCUT2D eigenvalue weighted by Crippen LogP contribution is -2.37. The fraction of sp³-hybridized carbons (Fsp3) is 0.444. The van der Waals surface area contributed by atoms with Crippen LogP contribution in [-0.2, 0) is 11.3 Å². The number of nitrogens with zero attached hydrogens (tertiary/aromatic N) is 2. The minimum atomic E-state index is 0. The van der Waals surface area contributed by atoms with Gasteiger partial charge in [0.25, 0.3) is 0 Å². The molecule has 0 amide bonds. The molecule has 1 aromatic carbocycles. The standard InChI is InChI=1S/C18H27N5O.HI/c1-3-24-12-8-7-11-20-18(19-2)22-14-17-21-13-16(23-17)15-9-5-4-6-10-15;/h4-6,9-10,13H,3,7-8,11-12,14H2,1-2H3,(H,21,23)(H2,19,20,22);1H. The normalized spacial score (nSPS) is 11.0. The van der Waals surface area contributed by atoms with Crippen LogP contribution in [0.5, 0.6) is 0 Å². The van der Waals surface area contributed by atoms with Crippen molar-refractivity contribution in [3.05, 3.63) is 42.4 Å². The minimum Gasteiger partial charge on any atom is -0.382 e. The molecule has 0 saturated carbocycles. The molecule has 0 atom stereocenters. The molecule has 0 aliphatic carbocycles. The number of benzene rings is 1. The summed E-state index contributed by atoms with van der Waals surface area (Å²) in [7, 11) is 1.77. The second kappa shape index (κ2) is 12.7. The van der Waals surface area contributed by atoms with Crippen LogP contribution in [0.1, 0.15) is 25.6 Å². The molecule has 7 heteroatoms. The Morgan fingerprint density at radius 1 is 1.20 bits per heavy atom. The monoisotopic (exact) mass is 457 g/mol. The van der Waals surface area contributed by atoms with E-state index in [9.17, 15) is 0 Å². The Hall–Kier alpha value is -1.61. The first-order valence-electron chi connectivity index (χ1n) is 8.45. The highest BCUT2D eigenvalue weighted by Crippen LogP contribution is 2.15. The molecule has 1 aromatic heterocycles. The van der Waals surface area contributed by atoms with Crippen molar-refractivity contribution in [3.63, 3.8) is 0 Å². The number of aromatic amines is 1. The molecule has 2 aromatic rings. The van der Waals surface area contributed by atoms with Crippen LogP contribution < -0.4 is 10.6 Å². The van der Waals surface area contributed by atoms with Crippen LogP contribution in [0.2, 0.25) is 0 Å². The van der Waals surface area contributed by atoms with Crippen molar-refractivity contribution in [3.8, 4) is 11.3 Å². The van der Waals surface area contributed by atoms with Gasteiger partial charge >= 0.3 is 0 Å². The molecule has 0 aliphatic rings. The lowest BCUT2D eigenvalue weighted by Gasteiger charge is -2.10. The van der Waals surface area contributed by atoms with Crippen molar-refractivity contribution in [1.29, 1.82) is 0 Å². The third-order valence-corrected chi connectivity index (χ3v) is 3.57. The molecular formula is C18H28IN5O. The van der Waals surface area contributed by atoms with E-state index in [1.165, 1.54) is 0 Å². The largest absolute Gasteiger partial charge is 0.382 e. The molecule has 0 fully saturated rings. The fourth-order valence-electron chi connectivity index (χ4n) is 2.29. The number of rotatable bonds is 9. The fourth-order valence-corrected chi connectivity index (χ4v) is 2.29. The topological polar surface area (TPSA) is 74.3 Å². The summed E-state index contributed by atoms with van der Waals surface area (Å²) in [6, 6.07) is 10.2. The number of guanidine groups is 1. The van der Waals surface area contributed by atoms with E-state index in [2.05, 4.69) is 37.7 Å². The third kappa shape index (κ3) is 7.87. The summed E-state index contributed by atoms with van der Waals surface area (Å²) in [5.74, 6) is 1.66. The molecule has 138 valence electrons. The summed E-state index contributed by atoms with van der Waals surface area (Å²) in [5, 5.41) is 6.56. The van der Waals surface area contributed by atoms with Crippen LogP contribution >= 0.6 is 24.0 Å². The summed E-state index contributed by atoms with van der Waals surface area (Å²) in [4.78, 5) is 12.0. The van der Waals surface area contributed by atoms with Crippen molar-refractivity contribution < 1.29 is 4.74 Å². The van der Waals surface area contributed by atoms with E-state index in [1.807, 2.05) is 31.3 Å². The molecule has 25 heavy (non-hydrogen) atoms. The molecule has 0 spiro atoms. The number of aromatic nitrogens is 2. The quantitative estimate of drug-likeness (QED) is 0.234.